The van der Waals surface area contributed by atoms with Crippen molar-refractivity contribution in [1.82, 2.24) is 19.6 Å². The zero-order chi connectivity index (χ0) is 19.4. The van der Waals surface area contributed by atoms with Gasteiger partial charge in [-0.25, -0.2) is 4.79 Å². The maximum atomic E-state index is 12.2. The Morgan fingerprint density at radius 3 is 2.22 bits per heavy atom. The minimum absolute atomic E-state index is 0.158. The van der Waals surface area contributed by atoms with Crippen LogP contribution in [0, 0.1) is 6.92 Å². The highest BCUT2D eigenvalue weighted by Crippen LogP contribution is 2.19. The molecule has 6 nitrogen and oxygen atoms in total. The van der Waals surface area contributed by atoms with Crippen LogP contribution in [-0.2, 0) is 17.8 Å². The van der Waals surface area contributed by atoms with Gasteiger partial charge in [-0.05, 0) is 36.5 Å². The first-order chi connectivity index (χ1) is 13.0. The second-order valence-electron chi connectivity index (χ2n) is 7.03. The maximum absolute atomic E-state index is 12.2. The van der Waals surface area contributed by atoms with Crippen molar-refractivity contribution in [3.8, 4) is 0 Å². The Hall–Kier alpha value is -2.89. The molecule has 0 aliphatic rings. The Morgan fingerprint density at radius 2 is 1.70 bits per heavy atom. The van der Waals surface area contributed by atoms with Gasteiger partial charge in [-0.2, -0.15) is 10.2 Å². The van der Waals surface area contributed by atoms with Crippen LogP contribution in [0.5, 0.6) is 0 Å². The Morgan fingerprint density at radius 1 is 1.07 bits per heavy atom. The molecule has 0 atom stereocenters. The molecule has 6 heteroatoms. The van der Waals surface area contributed by atoms with E-state index in [1.54, 1.807) is 6.20 Å². The van der Waals surface area contributed by atoms with Crippen LogP contribution < -0.4 is 0 Å². The van der Waals surface area contributed by atoms with Gasteiger partial charge in [0.2, 0.25) is 0 Å². The van der Waals surface area contributed by atoms with Crippen LogP contribution in [0.2, 0.25) is 0 Å². The zero-order valence-electron chi connectivity index (χ0n) is 16.3. The fraction of sp³-hybridized carbons (Fsp3) is 0.381. The smallest absolute Gasteiger partial charge is 0.341 e. The highest BCUT2D eigenvalue weighted by atomic mass is 16.5. The summed E-state index contributed by atoms with van der Waals surface area (Å²) in [5.74, 6) is -0.150. The third-order valence-electron chi connectivity index (χ3n) is 4.31. The molecular weight excluding hydrogens is 340 g/mol. The summed E-state index contributed by atoms with van der Waals surface area (Å²) < 4.78 is 8.90. The van der Waals surface area contributed by atoms with Crippen molar-refractivity contribution in [3.05, 3.63) is 70.8 Å². The summed E-state index contributed by atoms with van der Waals surface area (Å²) in [6.07, 6.45) is 5.68. The van der Waals surface area contributed by atoms with Crippen LogP contribution in [0.1, 0.15) is 59.4 Å². The van der Waals surface area contributed by atoms with E-state index in [4.69, 9.17) is 4.74 Å². The molecule has 2 aromatic heterocycles. The number of carbonyl (C=O) groups is 1. The quantitative estimate of drug-likeness (QED) is 0.597. The minimum Gasteiger partial charge on any atom is -0.462 e. The Balaban J connectivity index is 1.73. The van der Waals surface area contributed by atoms with E-state index in [-0.39, 0.29) is 11.9 Å². The van der Waals surface area contributed by atoms with Crippen LogP contribution in [-0.4, -0.2) is 32.1 Å². The molecular formula is C21H26N4O2. The van der Waals surface area contributed by atoms with Gasteiger partial charge in [0.1, 0.15) is 5.56 Å². The van der Waals surface area contributed by atoms with Gasteiger partial charge in [-0.15, -0.1) is 0 Å². The van der Waals surface area contributed by atoms with Crippen LogP contribution in [0.15, 0.2) is 42.9 Å². The van der Waals surface area contributed by atoms with Crippen molar-refractivity contribution >= 4 is 5.97 Å². The van der Waals surface area contributed by atoms with Crippen LogP contribution in [0.3, 0.4) is 0 Å². The summed E-state index contributed by atoms with van der Waals surface area (Å²) in [5.41, 5.74) is 4.81. The van der Waals surface area contributed by atoms with E-state index in [1.807, 2.05) is 49.5 Å². The number of rotatable bonds is 7. The lowest BCUT2D eigenvalue weighted by atomic mass is 10.1. The largest absolute Gasteiger partial charge is 0.462 e. The normalized spacial score (nSPS) is 11.1. The number of carbonyl (C=O) groups excluding carboxylic acids is 1. The average Bonchev–Trinajstić information content (AvgIpc) is 3.23. The zero-order valence-corrected chi connectivity index (χ0v) is 16.3. The lowest BCUT2D eigenvalue weighted by Crippen LogP contribution is -2.07. The van der Waals surface area contributed by atoms with E-state index < -0.39 is 0 Å². The second-order valence-corrected chi connectivity index (χ2v) is 7.03. The van der Waals surface area contributed by atoms with Crippen molar-refractivity contribution < 1.29 is 9.53 Å². The standard InChI is InChI=1S/C21H26N4O2/c1-5-27-21(26)19-14-25(23-20(19)15(2)3)13-18-8-6-17(7-9-18)12-24-11-16(4)10-22-24/h6-11,14-15H,5,12-13H2,1-4H3. The van der Waals surface area contributed by atoms with E-state index in [1.165, 1.54) is 5.56 Å². The Bertz CT molecular complexity index is 907. The molecule has 0 amide bonds. The summed E-state index contributed by atoms with van der Waals surface area (Å²) in [5, 5.41) is 8.92. The third-order valence-corrected chi connectivity index (χ3v) is 4.31. The molecule has 0 radical (unpaired) electrons. The number of hydrogen-bond acceptors (Lipinski definition) is 4. The predicted molar refractivity (Wildman–Crippen MR) is 104 cm³/mol. The second kappa shape index (κ2) is 8.20. The van der Waals surface area contributed by atoms with Crippen molar-refractivity contribution in [3.63, 3.8) is 0 Å². The summed E-state index contributed by atoms with van der Waals surface area (Å²) >= 11 is 0. The molecule has 0 saturated heterocycles. The van der Waals surface area contributed by atoms with Gasteiger partial charge in [-0.1, -0.05) is 38.1 Å². The molecule has 27 heavy (non-hydrogen) atoms. The molecule has 3 aromatic rings. The van der Waals surface area contributed by atoms with Crippen molar-refractivity contribution in [2.75, 3.05) is 6.61 Å². The number of esters is 1. The van der Waals surface area contributed by atoms with Crippen LogP contribution in [0.4, 0.5) is 0 Å². The number of nitrogens with zero attached hydrogens (tertiary/aromatic N) is 4. The molecule has 0 unspecified atom stereocenters. The van der Waals surface area contributed by atoms with Gasteiger partial charge < -0.3 is 4.74 Å². The van der Waals surface area contributed by atoms with E-state index in [9.17, 15) is 4.79 Å². The lowest BCUT2D eigenvalue weighted by Gasteiger charge is -2.06. The SMILES string of the molecule is CCOC(=O)c1cn(Cc2ccc(Cn3cc(C)cn3)cc2)nc1C(C)C. The summed E-state index contributed by atoms with van der Waals surface area (Å²) in [7, 11) is 0. The minimum atomic E-state index is -0.308. The summed E-state index contributed by atoms with van der Waals surface area (Å²) in [6.45, 7) is 9.62. The van der Waals surface area contributed by atoms with E-state index in [0.29, 0.717) is 18.7 Å². The summed E-state index contributed by atoms with van der Waals surface area (Å²) in [4.78, 5) is 12.2. The first-order valence-corrected chi connectivity index (χ1v) is 9.27. The van der Waals surface area contributed by atoms with Gasteiger partial charge in [0.05, 0.1) is 31.6 Å². The van der Waals surface area contributed by atoms with Gasteiger partial charge in [0, 0.05) is 12.4 Å². The average molecular weight is 366 g/mol. The monoisotopic (exact) mass is 366 g/mol. The molecule has 0 fully saturated rings. The van der Waals surface area contributed by atoms with Crippen LogP contribution in [0.25, 0.3) is 0 Å². The highest BCUT2D eigenvalue weighted by molar-refractivity contribution is 5.90. The fourth-order valence-electron chi connectivity index (χ4n) is 2.99. The molecule has 2 heterocycles. The first-order valence-electron chi connectivity index (χ1n) is 9.27. The molecule has 0 spiro atoms. The van der Waals surface area contributed by atoms with Crippen molar-refractivity contribution in [1.29, 1.82) is 0 Å². The van der Waals surface area contributed by atoms with Gasteiger partial charge in [0.25, 0.3) is 0 Å². The molecule has 0 saturated carbocycles. The lowest BCUT2D eigenvalue weighted by molar-refractivity contribution is 0.0524. The Labute approximate surface area is 159 Å². The van der Waals surface area contributed by atoms with E-state index in [2.05, 4.69) is 34.5 Å². The first kappa shape index (κ1) is 18.9. The molecule has 0 bridgehead atoms. The van der Waals surface area contributed by atoms with Gasteiger partial charge in [-0.3, -0.25) is 9.36 Å². The highest BCUT2D eigenvalue weighted by Gasteiger charge is 2.19. The number of ether oxygens (including phenoxy) is 1. The maximum Gasteiger partial charge on any atom is 0.341 e. The molecule has 3 rings (SSSR count). The molecule has 142 valence electrons. The molecule has 1 aromatic carbocycles. The number of benzene rings is 1. The van der Waals surface area contributed by atoms with E-state index in [0.717, 1.165) is 23.4 Å². The predicted octanol–water partition coefficient (Wildman–Crippen LogP) is 3.78. The van der Waals surface area contributed by atoms with Crippen LogP contribution >= 0.6 is 0 Å². The fourth-order valence-corrected chi connectivity index (χ4v) is 2.99. The number of aromatic nitrogens is 4. The molecule has 0 aliphatic carbocycles. The van der Waals surface area contributed by atoms with Crippen molar-refractivity contribution in [2.24, 2.45) is 0 Å². The van der Waals surface area contributed by atoms with E-state index >= 15 is 0 Å². The Kier molecular flexibility index (Phi) is 5.74. The molecule has 0 N–H and O–H groups in total. The topological polar surface area (TPSA) is 61.9 Å². The van der Waals surface area contributed by atoms with Gasteiger partial charge in [0.15, 0.2) is 0 Å². The number of aryl methyl sites for hydroxylation is 1. The summed E-state index contributed by atoms with van der Waals surface area (Å²) in [6, 6.07) is 8.38. The van der Waals surface area contributed by atoms with Gasteiger partial charge >= 0.3 is 5.97 Å². The number of hydrogen-bond donors (Lipinski definition) is 0. The molecule has 0 aliphatic heterocycles. The van der Waals surface area contributed by atoms with Crippen molar-refractivity contribution in [2.45, 2.75) is 46.7 Å². The third kappa shape index (κ3) is 4.64.